The van der Waals surface area contributed by atoms with Crippen LogP contribution in [0.15, 0.2) is 65.5 Å². The Balaban J connectivity index is 1.48. The first-order valence-corrected chi connectivity index (χ1v) is 8.98. The van der Waals surface area contributed by atoms with Crippen LogP contribution in [-0.4, -0.2) is 17.4 Å². The van der Waals surface area contributed by atoms with Crippen molar-refractivity contribution < 1.29 is 9.21 Å². The van der Waals surface area contributed by atoms with Gasteiger partial charge in [-0.1, -0.05) is 29.8 Å². The van der Waals surface area contributed by atoms with Crippen LogP contribution in [0.3, 0.4) is 0 Å². The standard InChI is InChI=1S/C21H19ClN2O2/c22-20-4-2-1-3-19(20)21(25)23-18-6-5-16-7-9-24(13-17(16)11-18)12-15-8-10-26-14-15/h1-6,8,10-11,14H,7,9,12-13H2,(H,23,25). The van der Waals surface area contributed by atoms with E-state index in [0.29, 0.717) is 10.6 Å². The minimum Gasteiger partial charge on any atom is -0.472 e. The minimum absolute atomic E-state index is 0.193. The Morgan fingerprint density at radius 3 is 2.85 bits per heavy atom. The van der Waals surface area contributed by atoms with Gasteiger partial charge < -0.3 is 9.73 Å². The van der Waals surface area contributed by atoms with Crippen LogP contribution in [0.25, 0.3) is 0 Å². The maximum Gasteiger partial charge on any atom is 0.257 e. The molecular weight excluding hydrogens is 348 g/mol. The molecule has 0 fully saturated rings. The van der Waals surface area contributed by atoms with Crippen LogP contribution in [0.2, 0.25) is 5.02 Å². The van der Waals surface area contributed by atoms with E-state index in [4.69, 9.17) is 16.0 Å². The Morgan fingerprint density at radius 2 is 2.04 bits per heavy atom. The Kier molecular flexibility index (Phi) is 4.78. The predicted octanol–water partition coefficient (Wildman–Crippen LogP) is 4.74. The van der Waals surface area contributed by atoms with E-state index >= 15 is 0 Å². The molecule has 1 amide bonds. The van der Waals surface area contributed by atoms with Gasteiger partial charge in [-0.3, -0.25) is 9.69 Å². The summed E-state index contributed by atoms with van der Waals surface area (Å²) in [6, 6.07) is 15.2. The van der Waals surface area contributed by atoms with Crippen molar-refractivity contribution in [2.75, 3.05) is 11.9 Å². The van der Waals surface area contributed by atoms with Gasteiger partial charge in [-0.25, -0.2) is 0 Å². The van der Waals surface area contributed by atoms with Gasteiger partial charge in [0.2, 0.25) is 0 Å². The summed E-state index contributed by atoms with van der Waals surface area (Å²) in [5.41, 5.74) is 5.03. The number of rotatable bonds is 4. The maximum absolute atomic E-state index is 12.5. The second-order valence-corrected chi connectivity index (χ2v) is 6.92. The van der Waals surface area contributed by atoms with E-state index in [0.717, 1.165) is 31.7 Å². The van der Waals surface area contributed by atoms with Crippen molar-refractivity contribution in [2.24, 2.45) is 0 Å². The van der Waals surface area contributed by atoms with Gasteiger partial charge in [0, 0.05) is 30.9 Å². The molecule has 0 spiro atoms. The number of furan rings is 1. The van der Waals surface area contributed by atoms with E-state index in [2.05, 4.69) is 22.3 Å². The third-order valence-corrected chi connectivity index (χ3v) is 4.99. The van der Waals surface area contributed by atoms with Crippen LogP contribution >= 0.6 is 11.6 Å². The fourth-order valence-electron chi connectivity index (χ4n) is 3.31. The number of nitrogens with zero attached hydrogens (tertiary/aromatic N) is 1. The summed E-state index contributed by atoms with van der Waals surface area (Å²) in [5.74, 6) is -0.193. The van der Waals surface area contributed by atoms with Crippen LogP contribution in [0.5, 0.6) is 0 Å². The minimum atomic E-state index is -0.193. The van der Waals surface area contributed by atoms with Gasteiger partial charge in [-0.05, 0) is 47.9 Å². The summed E-state index contributed by atoms with van der Waals surface area (Å²) in [6.07, 6.45) is 4.50. The normalized spacial score (nSPS) is 14.0. The summed E-state index contributed by atoms with van der Waals surface area (Å²) in [7, 11) is 0. The van der Waals surface area contributed by atoms with Crippen molar-refractivity contribution in [3.63, 3.8) is 0 Å². The van der Waals surface area contributed by atoms with Crippen LogP contribution in [0, 0.1) is 0 Å². The number of benzene rings is 2. The molecule has 3 aromatic rings. The van der Waals surface area contributed by atoms with Gasteiger partial charge in [-0.2, -0.15) is 0 Å². The number of carbonyl (C=O) groups is 1. The first-order chi connectivity index (χ1) is 12.7. The van der Waals surface area contributed by atoms with Crippen LogP contribution in [0.1, 0.15) is 27.0 Å². The van der Waals surface area contributed by atoms with Gasteiger partial charge >= 0.3 is 0 Å². The number of hydrogen-bond acceptors (Lipinski definition) is 3. The summed E-state index contributed by atoms with van der Waals surface area (Å²) in [5, 5.41) is 3.41. The van der Waals surface area contributed by atoms with Crippen molar-refractivity contribution in [1.29, 1.82) is 0 Å². The highest BCUT2D eigenvalue weighted by molar-refractivity contribution is 6.34. The first kappa shape index (κ1) is 16.9. The SMILES string of the molecule is O=C(Nc1ccc2c(c1)CN(Cc1ccoc1)CC2)c1ccccc1Cl. The second-order valence-electron chi connectivity index (χ2n) is 6.51. The van der Waals surface area contributed by atoms with Gasteiger partial charge in [0.05, 0.1) is 23.1 Å². The quantitative estimate of drug-likeness (QED) is 0.725. The average molecular weight is 367 g/mol. The van der Waals surface area contributed by atoms with E-state index < -0.39 is 0 Å². The summed E-state index contributed by atoms with van der Waals surface area (Å²) >= 11 is 6.11. The summed E-state index contributed by atoms with van der Waals surface area (Å²) in [6.45, 7) is 2.74. The van der Waals surface area contributed by atoms with Crippen molar-refractivity contribution in [1.82, 2.24) is 4.90 Å². The molecule has 0 unspecified atom stereocenters. The zero-order valence-corrected chi connectivity index (χ0v) is 15.0. The van der Waals surface area contributed by atoms with Gasteiger partial charge in [0.1, 0.15) is 0 Å². The molecule has 4 nitrogen and oxygen atoms in total. The lowest BCUT2D eigenvalue weighted by Crippen LogP contribution is -2.30. The molecule has 1 aliphatic rings. The van der Waals surface area contributed by atoms with Crippen molar-refractivity contribution in [3.05, 3.63) is 88.3 Å². The number of halogens is 1. The fourth-order valence-corrected chi connectivity index (χ4v) is 3.53. The molecule has 0 aliphatic carbocycles. The molecule has 26 heavy (non-hydrogen) atoms. The Labute approximate surface area is 157 Å². The van der Waals surface area contributed by atoms with E-state index in [1.165, 1.54) is 16.7 Å². The second kappa shape index (κ2) is 7.36. The molecule has 0 bridgehead atoms. The lowest BCUT2D eigenvalue weighted by molar-refractivity contribution is 0.102. The molecular formula is C21H19ClN2O2. The molecule has 1 aliphatic heterocycles. The van der Waals surface area contributed by atoms with Crippen LogP contribution in [-0.2, 0) is 19.5 Å². The maximum atomic E-state index is 12.5. The van der Waals surface area contributed by atoms with E-state index in [-0.39, 0.29) is 5.91 Å². The monoisotopic (exact) mass is 366 g/mol. The number of anilines is 1. The lowest BCUT2D eigenvalue weighted by atomic mass is 9.98. The average Bonchev–Trinajstić information content (AvgIpc) is 3.15. The molecule has 1 aromatic heterocycles. The Morgan fingerprint density at radius 1 is 1.15 bits per heavy atom. The van der Waals surface area contributed by atoms with Crippen molar-refractivity contribution in [2.45, 2.75) is 19.5 Å². The third kappa shape index (κ3) is 3.66. The molecule has 4 rings (SSSR count). The molecule has 0 saturated heterocycles. The van der Waals surface area contributed by atoms with E-state index in [1.54, 1.807) is 30.7 Å². The largest absolute Gasteiger partial charge is 0.472 e. The topological polar surface area (TPSA) is 45.5 Å². The first-order valence-electron chi connectivity index (χ1n) is 8.60. The van der Waals surface area contributed by atoms with Crippen molar-refractivity contribution >= 4 is 23.2 Å². The smallest absolute Gasteiger partial charge is 0.257 e. The van der Waals surface area contributed by atoms with Crippen molar-refractivity contribution in [3.8, 4) is 0 Å². The molecule has 0 radical (unpaired) electrons. The molecule has 1 N–H and O–H groups in total. The third-order valence-electron chi connectivity index (χ3n) is 4.66. The number of amides is 1. The number of carbonyl (C=O) groups excluding carboxylic acids is 1. The Bertz CT molecular complexity index is 922. The number of fused-ring (bicyclic) bond motifs is 1. The molecule has 2 heterocycles. The number of hydrogen-bond donors (Lipinski definition) is 1. The molecule has 5 heteroatoms. The highest BCUT2D eigenvalue weighted by atomic mass is 35.5. The molecule has 0 atom stereocenters. The van der Waals surface area contributed by atoms with Gasteiger partial charge in [0.25, 0.3) is 5.91 Å². The van der Waals surface area contributed by atoms with Crippen LogP contribution < -0.4 is 5.32 Å². The molecule has 132 valence electrons. The predicted molar refractivity (Wildman–Crippen MR) is 102 cm³/mol. The Hall–Kier alpha value is -2.56. The summed E-state index contributed by atoms with van der Waals surface area (Å²) in [4.78, 5) is 14.8. The van der Waals surface area contributed by atoms with Crippen LogP contribution in [0.4, 0.5) is 5.69 Å². The lowest BCUT2D eigenvalue weighted by Gasteiger charge is -2.28. The van der Waals surface area contributed by atoms with Gasteiger partial charge in [-0.15, -0.1) is 0 Å². The number of nitrogens with one attached hydrogen (secondary N) is 1. The highest BCUT2D eigenvalue weighted by Crippen LogP contribution is 2.25. The summed E-state index contributed by atoms with van der Waals surface area (Å²) < 4.78 is 5.16. The zero-order chi connectivity index (χ0) is 17.9. The highest BCUT2D eigenvalue weighted by Gasteiger charge is 2.18. The van der Waals surface area contributed by atoms with E-state index in [1.807, 2.05) is 18.2 Å². The fraction of sp³-hybridized carbons (Fsp3) is 0.190. The molecule has 0 saturated carbocycles. The molecule has 2 aromatic carbocycles. The van der Waals surface area contributed by atoms with Gasteiger partial charge in [0.15, 0.2) is 0 Å². The van der Waals surface area contributed by atoms with E-state index in [9.17, 15) is 4.79 Å². The zero-order valence-electron chi connectivity index (χ0n) is 14.2.